The highest BCUT2D eigenvalue weighted by molar-refractivity contribution is 5.99. The molecule has 0 unspecified atom stereocenters. The summed E-state index contributed by atoms with van der Waals surface area (Å²) in [6, 6.07) is 4.56. The lowest BCUT2D eigenvalue weighted by atomic mass is 10.1. The van der Waals surface area contributed by atoms with Crippen LogP contribution in [0.25, 0.3) is 0 Å². The number of hydrogen-bond acceptors (Lipinski definition) is 4. The monoisotopic (exact) mass is 279 g/mol. The van der Waals surface area contributed by atoms with E-state index in [4.69, 9.17) is 0 Å². The van der Waals surface area contributed by atoms with E-state index >= 15 is 0 Å². The molecular weight excluding hydrogens is 258 g/mol. The highest BCUT2D eigenvalue weighted by atomic mass is 16.6. The van der Waals surface area contributed by atoms with E-state index in [1.54, 1.807) is 17.0 Å². The maximum atomic E-state index is 12.4. The van der Waals surface area contributed by atoms with Crippen LogP contribution in [-0.2, 0) is 0 Å². The Kier molecular flexibility index (Phi) is 5.96. The van der Waals surface area contributed by atoms with Crippen LogP contribution in [0, 0.1) is 10.1 Å². The first kappa shape index (κ1) is 15.9. The first-order chi connectivity index (χ1) is 9.54. The number of nitro groups is 1. The van der Waals surface area contributed by atoms with Gasteiger partial charge in [-0.15, -0.1) is 0 Å². The second-order valence-electron chi connectivity index (χ2n) is 4.40. The number of anilines is 1. The molecule has 0 saturated heterocycles. The molecule has 0 saturated carbocycles. The molecule has 0 radical (unpaired) electrons. The van der Waals surface area contributed by atoms with E-state index < -0.39 is 4.92 Å². The molecule has 0 aliphatic rings. The molecule has 6 heteroatoms. The summed E-state index contributed by atoms with van der Waals surface area (Å²) in [7, 11) is 0. The van der Waals surface area contributed by atoms with Crippen LogP contribution < -0.4 is 5.32 Å². The molecule has 0 atom stereocenters. The minimum Gasteiger partial charge on any atom is -0.385 e. The number of hydrogen-bond donors (Lipinski definition) is 1. The van der Waals surface area contributed by atoms with E-state index in [2.05, 4.69) is 5.32 Å². The maximum Gasteiger partial charge on any atom is 0.282 e. The van der Waals surface area contributed by atoms with Crippen molar-refractivity contribution in [3.8, 4) is 0 Å². The molecule has 6 nitrogen and oxygen atoms in total. The van der Waals surface area contributed by atoms with Gasteiger partial charge in [-0.1, -0.05) is 6.92 Å². The van der Waals surface area contributed by atoms with Crippen molar-refractivity contribution in [3.63, 3.8) is 0 Å². The van der Waals surface area contributed by atoms with Crippen LogP contribution in [0.15, 0.2) is 18.2 Å². The molecule has 1 aromatic rings. The van der Waals surface area contributed by atoms with Crippen molar-refractivity contribution in [1.29, 1.82) is 0 Å². The van der Waals surface area contributed by atoms with Crippen molar-refractivity contribution in [3.05, 3.63) is 33.9 Å². The SMILES string of the molecule is CCCN(CC)C(=O)c1cc(NCC)ccc1[N+](=O)[O-]. The fourth-order valence-corrected chi connectivity index (χ4v) is 2.02. The minimum atomic E-state index is -0.511. The predicted molar refractivity (Wildman–Crippen MR) is 79.1 cm³/mol. The third kappa shape index (κ3) is 3.69. The standard InChI is InChI=1S/C14H21N3O3/c1-4-9-16(6-3)14(18)12-10-11(15-5-2)7-8-13(12)17(19)20/h7-8,10,15H,4-6,9H2,1-3H3. The Labute approximate surface area is 118 Å². The molecule has 110 valence electrons. The van der Waals surface area contributed by atoms with Gasteiger partial charge in [-0.3, -0.25) is 14.9 Å². The Bertz CT molecular complexity index is 489. The number of benzene rings is 1. The zero-order valence-electron chi connectivity index (χ0n) is 12.2. The van der Waals surface area contributed by atoms with Gasteiger partial charge >= 0.3 is 0 Å². The fourth-order valence-electron chi connectivity index (χ4n) is 2.02. The largest absolute Gasteiger partial charge is 0.385 e. The zero-order chi connectivity index (χ0) is 15.1. The van der Waals surface area contributed by atoms with E-state index in [0.717, 1.165) is 6.42 Å². The molecule has 0 aliphatic carbocycles. The Morgan fingerprint density at radius 1 is 1.35 bits per heavy atom. The van der Waals surface area contributed by atoms with E-state index in [-0.39, 0.29) is 17.2 Å². The van der Waals surface area contributed by atoms with Crippen LogP contribution in [0.4, 0.5) is 11.4 Å². The van der Waals surface area contributed by atoms with Gasteiger partial charge in [0, 0.05) is 31.4 Å². The Morgan fingerprint density at radius 3 is 2.55 bits per heavy atom. The van der Waals surface area contributed by atoms with E-state index in [1.807, 2.05) is 20.8 Å². The van der Waals surface area contributed by atoms with Gasteiger partial charge in [-0.05, 0) is 32.4 Å². The molecular formula is C14H21N3O3. The minimum absolute atomic E-state index is 0.142. The third-order valence-electron chi connectivity index (χ3n) is 2.97. The second kappa shape index (κ2) is 7.47. The molecule has 0 spiro atoms. The van der Waals surface area contributed by atoms with Crippen molar-refractivity contribution in [2.45, 2.75) is 27.2 Å². The lowest BCUT2D eigenvalue weighted by Gasteiger charge is -2.20. The number of nitrogens with zero attached hydrogens (tertiary/aromatic N) is 2. The summed E-state index contributed by atoms with van der Waals surface area (Å²) in [5.41, 5.74) is 0.712. The molecule has 20 heavy (non-hydrogen) atoms. The highest BCUT2D eigenvalue weighted by Gasteiger charge is 2.24. The molecule has 1 rings (SSSR count). The van der Waals surface area contributed by atoms with Crippen molar-refractivity contribution in [2.75, 3.05) is 25.0 Å². The van der Waals surface area contributed by atoms with Gasteiger partial charge in [0.15, 0.2) is 0 Å². The van der Waals surface area contributed by atoms with Gasteiger partial charge in [0.1, 0.15) is 5.56 Å². The van der Waals surface area contributed by atoms with Crippen LogP contribution in [-0.4, -0.2) is 35.4 Å². The summed E-state index contributed by atoms with van der Waals surface area (Å²) in [5.74, 6) is -0.291. The summed E-state index contributed by atoms with van der Waals surface area (Å²) in [6.45, 7) is 7.59. The van der Waals surface area contributed by atoms with Crippen LogP contribution in [0.3, 0.4) is 0 Å². The number of nitrogens with one attached hydrogen (secondary N) is 1. The first-order valence-electron chi connectivity index (χ1n) is 6.86. The molecule has 0 bridgehead atoms. The number of amides is 1. The van der Waals surface area contributed by atoms with E-state index in [1.165, 1.54) is 6.07 Å². The van der Waals surface area contributed by atoms with Crippen molar-refractivity contribution in [1.82, 2.24) is 4.90 Å². The van der Waals surface area contributed by atoms with Gasteiger partial charge in [0.05, 0.1) is 4.92 Å². The van der Waals surface area contributed by atoms with Crippen molar-refractivity contribution < 1.29 is 9.72 Å². The summed E-state index contributed by atoms with van der Waals surface area (Å²) >= 11 is 0. The molecule has 0 aromatic heterocycles. The summed E-state index contributed by atoms with van der Waals surface area (Å²) in [5, 5.41) is 14.1. The van der Waals surface area contributed by atoms with Gasteiger partial charge < -0.3 is 10.2 Å². The summed E-state index contributed by atoms with van der Waals surface area (Å²) in [6.07, 6.45) is 0.820. The number of carbonyl (C=O) groups excluding carboxylic acids is 1. The maximum absolute atomic E-state index is 12.4. The first-order valence-corrected chi connectivity index (χ1v) is 6.86. The quantitative estimate of drug-likeness (QED) is 0.615. The van der Waals surface area contributed by atoms with Gasteiger partial charge in [-0.25, -0.2) is 0 Å². The average molecular weight is 279 g/mol. The lowest BCUT2D eigenvalue weighted by Crippen LogP contribution is -2.32. The molecule has 1 aromatic carbocycles. The normalized spacial score (nSPS) is 10.2. The molecule has 1 N–H and O–H groups in total. The summed E-state index contributed by atoms with van der Waals surface area (Å²) < 4.78 is 0. The zero-order valence-corrected chi connectivity index (χ0v) is 12.2. The molecule has 0 fully saturated rings. The van der Waals surface area contributed by atoms with Gasteiger partial charge in [-0.2, -0.15) is 0 Å². The average Bonchev–Trinajstić information content (AvgIpc) is 2.44. The topological polar surface area (TPSA) is 75.5 Å². The molecule has 0 heterocycles. The lowest BCUT2D eigenvalue weighted by molar-refractivity contribution is -0.385. The number of rotatable bonds is 7. The summed E-state index contributed by atoms with van der Waals surface area (Å²) in [4.78, 5) is 24.6. The number of nitro benzene ring substituents is 1. The van der Waals surface area contributed by atoms with Crippen molar-refractivity contribution >= 4 is 17.3 Å². The Hall–Kier alpha value is -2.11. The Morgan fingerprint density at radius 2 is 2.05 bits per heavy atom. The number of carbonyl (C=O) groups is 1. The smallest absolute Gasteiger partial charge is 0.282 e. The third-order valence-corrected chi connectivity index (χ3v) is 2.97. The highest BCUT2D eigenvalue weighted by Crippen LogP contribution is 2.24. The molecule has 0 aliphatic heterocycles. The van der Waals surface area contributed by atoms with E-state index in [0.29, 0.717) is 25.3 Å². The van der Waals surface area contributed by atoms with Crippen LogP contribution >= 0.6 is 0 Å². The molecule has 1 amide bonds. The fraction of sp³-hybridized carbons (Fsp3) is 0.500. The van der Waals surface area contributed by atoms with Crippen LogP contribution in [0.5, 0.6) is 0 Å². The van der Waals surface area contributed by atoms with Crippen LogP contribution in [0.2, 0.25) is 0 Å². The predicted octanol–water partition coefficient (Wildman–Crippen LogP) is 2.90. The van der Waals surface area contributed by atoms with Crippen LogP contribution in [0.1, 0.15) is 37.6 Å². The van der Waals surface area contributed by atoms with E-state index in [9.17, 15) is 14.9 Å². The Balaban J connectivity index is 3.20. The van der Waals surface area contributed by atoms with Gasteiger partial charge in [0.2, 0.25) is 0 Å². The van der Waals surface area contributed by atoms with Crippen molar-refractivity contribution in [2.24, 2.45) is 0 Å². The second-order valence-corrected chi connectivity index (χ2v) is 4.40. The van der Waals surface area contributed by atoms with Gasteiger partial charge in [0.25, 0.3) is 11.6 Å².